The smallest absolute Gasteiger partial charge is 0.243 e. The summed E-state index contributed by atoms with van der Waals surface area (Å²) >= 11 is 0. The first-order valence-electron chi connectivity index (χ1n) is 7.34. The molecule has 0 spiro atoms. The highest BCUT2D eigenvalue weighted by Crippen LogP contribution is 2.27. The zero-order chi connectivity index (χ0) is 16.4. The lowest BCUT2D eigenvalue weighted by atomic mass is 10.0. The maximum atomic E-state index is 12.7. The van der Waals surface area contributed by atoms with E-state index in [2.05, 4.69) is 4.72 Å². The third kappa shape index (κ3) is 3.99. The summed E-state index contributed by atoms with van der Waals surface area (Å²) in [5.74, 6) is 0. The molecule has 0 saturated carbocycles. The molecule has 2 rings (SSSR count). The summed E-state index contributed by atoms with van der Waals surface area (Å²) in [7, 11) is -6.90. The van der Waals surface area contributed by atoms with E-state index < -0.39 is 20.0 Å². The van der Waals surface area contributed by atoms with Gasteiger partial charge in [0.2, 0.25) is 20.0 Å². The zero-order valence-electron chi connectivity index (χ0n) is 12.8. The maximum absolute atomic E-state index is 12.7. The van der Waals surface area contributed by atoms with E-state index in [1.54, 1.807) is 4.31 Å². The fraction of sp³-hybridized carbons (Fsp3) is 0.571. The first-order chi connectivity index (χ1) is 10.2. The largest absolute Gasteiger partial charge is 0.284 e. The molecule has 1 aromatic carbocycles. The molecule has 0 aromatic heterocycles. The summed E-state index contributed by atoms with van der Waals surface area (Å²) in [6.07, 6.45) is 4.68. The van der Waals surface area contributed by atoms with Crippen LogP contribution in [0, 0.1) is 0 Å². The molecule has 1 unspecified atom stereocenters. The molecule has 22 heavy (non-hydrogen) atoms. The predicted molar refractivity (Wildman–Crippen MR) is 86.7 cm³/mol. The maximum Gasteiger partial charge on any atom is 0.243 e. The summed E-state index contributed by atoms with van der Waals surface area (Å²) in [5, 5.41) is 0. The number of anilines is 1. The Morgan fingerprint density at radius 2 is 1.77 bits per heavy atom. The molecule has 1 aliphatic heterocycles. The van der Waals surface area contributed by atoms with E-state index in [4.69, 9.17) is 0 Å². The lowest BCUT2D eigenvalue weighted by Gasteiger charge is -2.34. The number of hydrogen-bond acceptors (Lipinski definition) is 4. The van der Waals surface area contributed by atoms with Crippen LogP contribution in [0.25, 0.3) is 0 Å². The molecule has 0 radical (unpaired) electrons. The lowest BCUT2D eigenvalue weighted by Crippen LogP contribution is -2.43. The van der Waals surface area contributed by atoms with Crippen molar-refractivity contribution in [2.75, 3.05) is 17.5 Å². The van der Waals surface area contributed by atoms with Gasteiger partial charge in [-0.05, 0) is 43.5 Å². The number of nitrogens with one attached hydrogen (secondary N) is 1. The van der Waals surface area contributed by atoms with Crippen LogP contribution in [-0.4, -0.2) is 40.0 Å². The van der Waals surface area contributed by atoms with Crippen LogP contribution in [0.2, 0.25) is 0 Å². The highest BCUT2D eigenvalue weighted by Gasteiger charge is 2.32. The zero-order valence-corrected chi connectivity index (χ0v) is 14.5. The van der Waals surface area contributed by atoms with Crippen molar-refractivity contribution in [3.8, 4) is 0 Å². The molecule has 1 heterocycles. The lowest BCUT2D eigenvalue weighted by molar-refractivity contribution is 0.246. The van der Waals surface area contributed by atoms with E-state index in [0.717, 1.165) is 31.9 Å². The normalized spacial score (nSPS) is 20.7. The van der Waals surface area contributed by atoms with Gasteiger partial charge in [-0.2, -0.15) is 4.31 Å². The Morgan fingerprint density at radius 3 is 2.32 bits per heavy atom. The molecule has 1 saturated heterocycles. The molecule has 124 valence electrons. The molecule has 6 nitrogen and oxygen atoms in total. The quantitative estimate of drug-likeness (QED) is 0.884. The molecular weight excluding hydrogens is 324 g/mol. The number of hydrogen-bond donors (Lipinski definition) is 1. The minimum atomic E-state index is -3.53. The number of sulfonamides is 2. The van der Waals surface area contributed by atoms with E-state index >= 15 is 0 Å². The molecular formula is C14H22N2O4S2. The van der Waals surface area contributed by atoms with Crippen molar-refractivity contribution in [1.29, 1.82) is 0 Å². The molecule has 1 atom stereocenters. The van der Waals surface area contributed by atoms with Gasteiger partial charge in [0.25, 0.3) is 0 Å². The van der Waals surface area contributed by atoms with Gasteiger partial charge in [-0.1, -0.05) is 13.3 Å². The third-order valence-electron chi connectivity index (χ3n) is 3.81. The van der Waals surface area contributed by atoms with E-state index in [1.807, 2.05) is 6.92 Å². The van der Waals surface area contributed by atoms with Crippen molar-refractivity contribution >= 4 is 25.7 Å². The minimum absolute atomic E-state index is 0.0487. The second-order valence-electron chi connectivity index (χ2n) is 5.57. The van der Waals surface area contributed by atoms with Gasteiger partial charge in [0.15, 0.2) is 0 Å². The van der Waals surface area contributed by atoms with Gasteiger partial charge in [0, 0.05) is 18.3 Å². The predicted octanol–water partition coefficient (Wildman–Crippen LogP) is 2.01. The Hall–Kier alpha value is -1.12. The molecule has 8 heteroatoms. The third-order valence-corrected chi connectivity index (χ3v) is 6.38. The van der Waals surface area contributed by atoms with Crippen LogP contribution in [0.4, 0.5) is 5.69 Å². The fourth-order valence-corrected chi connectivity index (χ4v) is 5.07. The molecule has 0 aliphatic carbocycles. The van der Waals surface area contributed by atoms with Crippen LogP contribution in [0.3, 0.4) is 0 Å². The standard InChI is InChI=1S/C14H22N2O4S2/c1-3-13-6-4-5-11-16(13)22(19,20)14-9-7-12(8-10-14)15-21(2,17)18/h7-10,13,15H,3-6,11H2,1-2H3. The Kier molecular flexibility index (Phi) is 5.14. The fourth-order valence-electron chi connectivity index (χ4n) is 2.74. The van der Waals surface area contributed by atoms with Gasteiger partial charge < -0.3 is 0 Å². The average molecular weight is 346 g/mol. The monoisotopic (exact) mass is 346 g/mol. The van der Waals surface area contributed by atoms with E-state index in [-0.39, 0.29) is 10.9 Å². The van der Waals surface area contributed by atoms with Gasteiger partial charge in [-0.15, -0.1) is 0 Å². The van der Waals surface area contributed by atoms with Gasteiger partial charge in [-0.3, -0.25) is 4.72 Å². The summed E-state index contributed by atoms with van der Waals surface area (Å²) in [6, 6.07) is 5.89. The van der Waals surface area contributed by atoms with Crippen molar-refractivity contribution in [2.24, 2.45) is 0 Å². The van der Waals surface area contributed by atoms with Gasteiger partial charge in [-0.25, -0.2) is 16.8 Å². The van der Waals surface area contributed by atoms with Crippen molar-refractivity contribution in [3.05, 3.63) is 24.3 Å². The summed E-state index contributed by atoms with van der Waals surface area (Å²) < 4.78 is 51.7. The Balaban J connectivity index is 2.25. The summed E-state index contributed by atoms with van der Waals surface area (Å²) in [6.45, 7) is 2.54. The molecule has 1 aromatic rings. The van der Waals surface area contributed by atoms with Crippen LogP contribution in [0.5, 0.6) is 0 Å². The number of nitrogens with zero attached hydrogens (tertiary/aromatic N) is 1. The number of piperidine rings is 1. The van der Waals surface area contributed by atoms with Gasteiger partial charge in [0.1, 0.15) is 0 Å². The number of rotatable bonds is 5. The van der Waals surface area contributed by atoms with Crippen LogP contribution in [0.1, 0.15) is 32.6 Å². The Bertz CT molecular complexity index is 712. The second-order valence-corrected chi connectivity index (χ2v) is 9.21. The van der Waals surface area contributed by atoms with Crippen molar-refractivity contribution in [2.45, 2.75) is 43.5 Å². The second kappa shape index (κ2) is 6.55. The van der Waals surface area contributed by atoms with E-state index in [0.29, 0.717) is 12.2 Å². The first kappa shape index (κ1) is 17.2. The molecule has 0 amide bonds. The SMILES string of the molecule is CCC1CCCCN1S(=O)(=O)c1ccc(NS(C)(=O)=O)cc1. The average Bonchev–Trinajstić information content (AvgIpc) is 2.46. The molecule has 1 N–H and O–H groups in total. The summed E-state index contributed by atoms with van der Waals surface area (Å²) in [5.41, 5.74) is 0.354. The first-order valence-corrected chi connectivity index (χ1v) is 10.7. The highest BCUT2D eigenvalue weighted by atomic mass is 32.2. The minimum Gasteiger partial charge on any atom is -0.284 e. The summed E-state index contributed by atoms with van der Waals surface area (Å²) in [4.78, 5) is 0.201. The van der Waals surface area contributed by atoms with Crippen LogP contribution < -0.4 is 4.72 Å². The van der Waals surface area contributed by atoms with Gasteiger partial charge in [0.05, 0.1) is 11.2 Å². The molecule has 1 aliphatic rings. The van der Waals surface area contributed by atoms with Crippen LogP contribution >= 0.6 is 0 Å². The molecule has 1 fully saturated rings. The van der Waals surface area contributed by atoms with Crippen molar-refractivity contribution in [1.82, 2.24) is 4.31 Å². The highest BCUT2D eigenvalue weighted by molar-refractivity contribution is 7.92. The van der Waals surface area contributed by atoms with Crippen molar-refractivity contribution in [3.63, 3.8) is 0 Å². The van der Waals surface area contributed by atoms with Crippen molar-refractivity contribution < 1.29 is 16.8 Å². The van der Waals surface area contributed by atoms with Crippen LogP contribution in [-0.2, 0) is 20.0 Å². The van der Waals surface area contributed by atoms with Gasteiger partial charge >= 0.3 is 0 Å². The Morgan fingerprint density at radius 1 is 1.14 bits per heavy atom. The topological polar surface area (TPSA) is 83.6 Å². The van der Waals surface area contributed by atoms with E-state index in [1.165, 1.54) is 24.3 Å². The Labute approximate surface area is 132 Å². The van der Waals surface area contributed by atoms with E-state index in [9.17, 15) is 16.8 Å². The number of benzene rings is 1. The van der Waals surface area contributed by atoms with Crippen LogP contribution in [0.15, 0.2) is 29.2 Å². The molecule has 0 bridgehead atoms.